The zero-order valence-electron chi connectivity index (χ0n) is 8.20. The molecule has 0 saturated heterocycles. The van der Waals surface area contributed by atoms with Gasteiger partial charge in [-0.15, -0.1) is 0 Å². The van der Waals surface area contributed by atoms with Crippen molar-refractivity contribution in [2.24, 2.45) is 0 Å². The molecule has 0 amide bonds. The summed E-state index contributed by atoms with van der Waals surface area (Å²) >= 11 is 5.88. The lowest BCUT2D eigenvalue weighted by molar-refractivity contribution is 0.00903. The number of hydrogen-bond donors (Lipinski definition) is 1. The number of halogens is 1. The van der Waals surface area contributed by atoms with Crippen LogP contribution < -0.4 is 5.73 Å². The lowest BCUT2D eigenvalue weighted by Crippen LogP contribution is -2.25. The summed E-state index contributed by atoms with van der Waals surface area (Å²) in [7, 11) is 0. The van der Waals surface area contributed by atoms with E-state index >= 15 is 0 Å². The molecule has 4 heteroatoms. The first-order valence-electron chi connectivity index (χ1n) is 4.93. The van der Waals surface area contributed by atoms with Crippen molar-refractivity contribution in [1.29, 1.82) is 0 Å². The fourth-order valence-electron chi connectivity index (χ4n) is 1.40. The van der Waals surface area contributed by atoms with Crippen molar-refractivity contribution in [2.45, 2.75) is 25.4 Å². The van der Waals surface area contributed by atoms with Crippen molar-refractivity contribution in [3.63, 3.8) is 0 Å². The van der Waals surface area contributed by atoms with Crippen LogP contribution in [0.15, 0.2) is 18.2 Å². The Kier molecular flexibility index (Phi) is 2.82. The van der Waals surface area contributed by atoms with Gasteiger partial charge in [-0.3, -0.25) is 0 Å². The normalized spacial score (nSPS) is 15.8. The molecule has 0 radical (unpaired) electrons. The fraction of sp³-hybridized carbons (Fsp3) is 0.364. The van der Waals surface area contributed by atoms with Crippen LogP contribution in [0.4, 0.5) is 5.69 Å². The molecule has 1 aromatic carbocycles. The van der Waals surface area contributed by atoms with Gasteiger partial charge in [0.25, 0.3) is 0 Å². The first-order valence-corrected chi connectivity index (χ1v) is 5.30. The largest absolute Gasteiger partial charge is 0.459 e. The van der Waals surface area contributed by atoms with Gasteiger partial charge < -0.3 is 10.5 Å². The third kappa shape index (κ3) is 2.23. The van der Waals surface area contributed by atoms with Crippen molar-refractivity contribution in [2.75, 3.05) is 5.73 Å². The standard InChI is InChI=1S/C11H12ClNO2/c12-10-5-4-7(13)6-9(10)11(14)15-8-2-1-3-8/h4-6,8H,1-3,13H2. The Morgan fingerprint density at radius 2 is 2.20 bits per heavy atom. The maximum absolute atomic E-state index is 11.7. The quantitative estimate of drug-likeness (QED) is 0.622. The van der Waals surface area contributed by atoms with Crippen LogP contribution in [0.1, 0.15) is 29.6 Å². The van der Waals surface area contributed by atoms with Crippen molar-refractivity contribution in [1.82, 2.24) is 0 Å². The molecule has 0 spiro atoms. The van der Waals surface area contributed by atoms with Crippen LogP contribution in [0.3, 0.4) is 0 Å². The Hall–Kier alpha value is -1.22. The van der Waals surface area contributed by atoms with E-state index in [9.17, 15) is 4.79 Å². The van der Waals surface area contributed by atoms with Gasteiger partial charge >= 0.3 is 5.97 Å². The number of carbonyl (C=O) groups excluding carboxylic acids is 1. The molecule has 1 aliphatic carbocycles. The van der Waals surface area contributed by atoms with Gasteiger partial charge in [0.15, 0.2) is 0 Å². The molecule has 0 bridgehead atoms. The molecular formula is C11H12ClNO2. The molecular weight excluding hydrogens is 214 g/mol. The third-order valence-electron chi connectivity index (χ3n) is 2.54. The maximum atomic E-state index is 11.7. The predicted molar refractivity (Wildman–Crippen MR) is 58.9 cm³/mol. The smallest absolute Gasteiger partial charge is 0.340 e. The minimum absolute atomic E-state index is 0.0648. The summed E-state index contributed by atoms with van der Waals surface area (Å²) < 4.78 is 5.23. The van der Waals surface area contributed by atoms with Gasteiger partial charge in [-0.05, 0) is 37.5 Å². The first-order chi connectivity index (χ1) is 7.16. The number of hydrogen-bond acceptors (Lipinski definition) is 3. The summed E-state index contributed by atoms with van der Waals surface area (Å²) in [6.07, 6.45) is 3.09. The summed E-state index contributed by atoms with van der Waals surface area (Å²) in [6.45, 7) is 0. The molecule has 1 aromatic rings. The van der Waals surface area contributed by atoms with Crippen LogP contribution in [0.2, 0.25) is 5.02 Å². The van der Waals surface area contributed by atoms with Gasteiger partial charge in [0.1, 0.15) is 6.10 Å². The second-order valence-corrected chi connectivity index (χ2v) is 4.10. The zero-order chi connectivity index (χ0) is 10.8. The molecule has 1 saturated carbocycles. The minimum Gasteiger partial charge on any atom is -0.459 e. The van der Waals surface area contributed by atoms with E-state index in [1.54, 1.807) is 18.2 Å². The number of anilines is 1. The number of ether oxygens (including phenoxy) is 1. The van der Waals surface area contributed by atoms with E-state index in [4.69, 9.17) is 22.1 Å². The number of nitrogens with two attached hydrogens (primary N) is 1. The molecule has 0 unspecified atom stereocenters. The van der Waals surface area contributed by atoms with Gasteiger partial charge in [-0.25, -0.2) is 4.79 Å². The average molecular weight is 226 g/mol. The second kappa shape index (κ2) is 4.11. The summed E-state index contributed by atoms with van der Waals surface area (Å²) in [4.78, 5) is 11.7. The van der Waals surface area contributed by atoms with Crippen LogP contribution in [0, 0.1) is 0 Å². The maximum Gasteiger partial charge on any atom is 0.340 e. The molecule has 0 aromatic heterocycles. The van der Waals surface area contributed by atoms with Gasteiger partial charge in [-0.1, -0.05) is 11.6 Å². The summed E-state index contributed by atoms with van der Waals surface area (Å²) in [5.41, 5.74) is 6.44. The van der Waals surface area contributed by atoms with E-state index in [2.05, 4.69) is 0 Å². The highest BCUT2D eigenvalue weighted by atomic mass is 35.5. The monoisotopic (exact) mass is 225 g/mol. The van der Waals surface area contributed by atoms with Gasteiger partial charge in [0, 0.05) is 5.69 Å². The van der Waals surface area contributed by atoms with Crippen LogP contribution in [0.5, 0.6) is 0 Å². The first kappa shape index (κ1) is 10.3. The molecule has 80 valence electrons. The van der Waals surface area contributed by atoms with E-state index < -0.39 is 0 Å². The van der Waals surface area contributed by atoms with Crippen molar-refractivity contribution in [3.8, 4) is 0 Å². The number of benzene rings is 1. The Labute approximate surface area is 93.2 Å². The topological polar surface area (TPSA) is 52.3 Å². The Morgan fingerprint density at radius 1 is 1.47 bits per heavy atom. The van der Waals surface area contributed by atoms with Crippen LogP contribution in [-0.2, 0) is 4.74 Å². The number of carbonyl (C=O) groups is 1. The van der Waals surface area contributed by atoms with E-state index in [-0.39, 0.29) is 12.1 Å². The lowest BCUT2D eigenvalue weighted by Gasteiger charge is -2.25. The molecule has 1 aliphatic rings. The van der Waals surface area contributed by atoms with E-state index in [0.29, 0.717) is 16.3 Å². The molecule has 2 N–H and O–H groups in total. The number of esters is 1. The van der Waals surface area contributed by atoms with E-state index in [0.717, 1.165) is 19.3 Å². The molecule has 0 atom stereocenters. The predicted octanol–water partition coefficient (Wildman–Crippen LogP) is 2.63. The molecule has 15 heavy (non-hydrogen) atoms. The number of rotatable bonds is 2. The van der Waals surface area contributed by atoms with Gasteiger partial charge in [0.2, 0.25) is 0 Å². The van der Waals surface area contributed by atoms with Crippen LogP contribution >= 0.6 is 11.6 Å². The fourth-order valence-corrected chi connectivity index (χ4v) is 1.60. The lowest BCUT2D eigenvalue weighted by atomic mass is 9.96. The molecule has 0 heterocycles. The van der Waals surface area contributed by atoms with Crippen LogP contribution in [-0.4, -0.2) is 12.1 Å². The SMILES string of the molecule is Nc1ccc(Cl)c(C(=O)OC2CCC2)c1. The highest BCUT2D eigenvalue weighted by molar-refractivity contribution is 6.33. The highest BCUT2D eigenvalue weighted by Crippen LogP contribution is 2.25. The van der Waals surface area contributed by atoms with Crippen LogP contribution in [0.25, 0.3) is 0 Å². The molecule has 0 aliphatic heterocycles. The molecule has 1 fully saturated rings. The van der Waals surface area contributed by atoms with Gasteiger partial charge in [-0.2, -0.15) is 0 Å². The second-order valence-electron chi connectivity index (χ2n) is 3.70. The third-order valence-corrected chi connectivity index (χ3v) is 2.87. The molecule has 3 nitrogen and oxygen atoms in total. The average Bonchev–Trinajstić information content (AvgIpc) is 2.15. The van der Waals surface area contributed by atoms with E-state index in [1.807, 2.05) is 0 Å². The summed E-state index contributed by atoms with van der Waals surface area (Å²) in [5.74, 6) is -0.378. The minimum atomic E-state index is -0.378. The van der Waals surface area contributed by atoms with E-state index in [1.165, 1.54) is 0 Å². The molecule has 2 rings (SSSR count). The zero-order valence-corrected chi connectivity index (χ0v) is 8.96. The van der Waals surface area contributed by atoms with Crippen molar-refractivity contribution in [3.05, 3.63) is 28.8 Å². The summed E-state index contributed by atoms with van der Waals surface area (Å²) in [5, 5.41) is 0.383. The van der Waals surface area contributed by atoms with Gasteiger partial charge in [0.05, 0.1) is 10.6 Å². The van der Waals surface area contributed by atoms with Crippen molar-refractivity contribution >= 4 is 23.3 Å². The highest BCUT2D eigenvalue weighted by Gasteiger charge is 2.23. The summed E-state index contributed by atoms with van der Waals surface area (Å²) in [6, 6.07) is 4.81. The Bertz CT molecular complexity index is 388. The van der Waals surface area contributed by atoms with Crippen molar-refractivity contribution < 1.29 is 9.53 Å². The number of nitrogen functional groups attached to an aromatic ring is 1. The Balaban J connectivity index is 2.12. The Morgan fingerprint density at radius 3 is 2.80 bits per heavy atom.